The lowest BCUT2D eigenvalue weighted by molar-refractivity contribution is -0.131. The maximum atomic E-state index is 13.4. The van der Waals surface area contributed by atoms with Gasteiger partial charge >= 0.3 is 5.97 Å². The van der Waals surface area contributed by atoms with Gasteiger partial charge in [-0.3, -0.25) is 0 Å². The van der Waals surface area contributed by atoms with E-state index in [1.165, 1.54) is 0 Å². The second-order valence-corrected chi connectivity index (χ2v) is 12.5. The molecule has 1 fully saturated rings. The van der Waals surface area contributed by atoms with Gasteiger partial charge in [-0.25, -0.2) is 18.2 Å². The SMILES string of the molecule is O=C(O)/C=C/c1ccc(/C(=C2\c3ccc(Cl)cc3S(=O)(=O)C3CCC23)c2ccc3scnc3c2)cc1. The van der Waals surface area contributed by atoms with Crippen molar-refractivity contribution >= 4 is 66.2 Å². The van der Waals surface area contributed by atoms with E-state index in [4.69, 9.17) is 16.7 Å². The van der Waals surface area contributed by atoms with Crippen LogP contribution in [0.1, 0.15) is 35.1 Å². The Morgan fingerprint density at radius 3 is 2.53 bits per heavy atom. The molecular weight excluding hydrogens is 514 g/mol. The summed E-state index contributed by atoms with van der Waals surface area (Å²) in [6.07, 6.45) is 4.07. The Kier molecular flexibility index (Phi) is 5.59. The number of halogens is 1. The molecule has 36 heavy (non-hydrogen) atoms. The number of nitrogens with zero attached hydrogens (tertiary/aromatic N) is 1. The van der Waals surface area contributed by atoms with E-state index in [9.17, 15) is 13.2 Å². The molecule has 0 spiro atoms. The molecule has 5 nitrogen and oxygen atoms in total. The molecule has 2 atom stereocenters. The fourth-order valence-corrected chi connectivity index (χ4v) is 8.38. The van der Waals surface area contributed by atoms with Gasteiger partial charge in [-0.05, 0) is 76.6 Å². The molecular formula is C28H20ClNO4S2. The number of thiazole rings is 1. The summed E-state index contributed by atoms with van der Waals surface area (Å²) >= 11 is 7.83. The fourth-order valence-electron chi connectivity index (χ4n) is 5.23. The summed E-state index contributed by atoms with van der Waals surface area (Å²) in [6, 6.07) is 19.0. The standard InChI is InChI=1S/C28H20ClNO4S2/c29-19-7-8-21-25(14-19)36(33,34)24-11-9-20(24)28(21)27(18-6-10-23-22(13-18)30-15-35-23)17-4-1-16(2-5-17)3-12-26(31)32/h1-8,10,12-15,20,24H,9,11H2,(H,31,32)/b12-3+,28-27+. The Balaban J connectivity index is 1.64. The molecule has 1 saturated carbocycles. The van der Waals surface area contributed by atoms with Crippen molar-refractivity contribution in [2.75, 3.05) is 0 Å². The zero-order valence-corrected chi connectivity index (χ0v) is 21.3. The molecule has 3 aromatic carbocycles. The summed E-state index contributed by atoms with van der Waals surface area (Å²) in [6.45, 7) is 0. The summed E-state index contributed by atoms with van der Waals surface area (Å²) in [7, 11) is -3.48. The predicted molar refractivity (Wildman–Crippen MR) is 144 cm³/mol. The van der Waals surface area contributed by atoms with Crippen LogP contribution in [0.5, 0.6) is 0 Å². The molecule has 1 aliphatic heterocycles. The van der Waals surface area contributed by atoms with Crippen LogP contribution in [-0.2, 0) is 14.6 Å². The molecule has 1 aliphatic carbocycles. The molecule has 2 heterocycles. The highest BCUT2D eigenvalue weighted by Crippen LogP contribution is 2.54. The molecule has 4 aromatic rings. The van der Waals surface area contributed by atoms with Crippen molar-refractivity contribution in [1.82, 2.24) is 4.98 Å². The number of sulfone groups is 1. The Hall–Kier alpha value is -3.26. The van der Waals surface area contributed by atoms with Crippen molar-refractivity contribution in [3.63, 3.8) is 0 Å². The number of carboxylic acids is 1. The zero-order valence-electron chi connectivity index (χ0n) is 18.9. The van der Waals surface area contributed by atoms with Crippen molar-refractivity contribution < 1.29 is 18.3 Å². The second-order valence-electron chi connectivity index (χ2n) is 9.02. The van der Waals surface area contributed by atoms with Crippen molar-refractivity contribution in [2.24, 2.45) is 5.92 Å². The van der Waals surface area contributed by atoms with Crippen LogP contribution in [0.2, 0.25) is 5.02 Å². The molecule has 2 unspecified atom stereocenters. The van der Waals surface area contributed by atoms with E-state index in [0.29, 0.717) is 21.9 Å². The number of carboxylic acid groups (broad SMARTS) is 1. The first kappa shape index (κ1) is 23.2. The summed E-state index contributed by atoms with van der Waals surface area (Å²) < 4.78 is 27.9. The lowest BCUT2D eigenvalue weighted by Gasteiger charge is -2.43. The molecule has 180 valence electrons. The van der Waals surface area contributed by atoms with E-state index in [2.05, 4.69) is 17.1 Å². The fraction of sp³-hybridized carbons (Fsp3) is 0.143. The van der Waals surface area contributed by atoms with Gasteiger partial charge in [-0.1, -0.05) is 48.0 Å². The van der Waals surface area contributed by atoms with Gasteiger partial charge < -0.3 is 5.11 Å². The van der Waals surface area contributed by atoms with Gasteiger partial charge in [-0.2, -0.15) is 0 Å². The molecule has 0 saturated heterocycles. The Morgan fingerprint density at radius 1 is 1.03 bits per heavy atom. The molecule has 1 N–H and O–H groups in total. The van der Waals surface area contributed by atoms with E-state index in [1.54, 1.807) is 29.5 Å². The minimum Gasteiger partial charge on any atom is -0.478 e. The van der Waals surface area contributed by atoms with Crippen molar-refractivity contribution in [2.45, 2.75) is 23.0 Å². The van der Waals surface area contributed by atoms with E-state index in [-0.39, 0.29) is 5.92 Å². The highest BCUT2D eigenvalue weighted by Gasteiger charge is 2.49. The number of benzene rings is 3. The number of hydrogen-bond donors (Lipinski definition) is 1. The lowest BCUT2D eigenvalue weighted by atomic mass is 9.72. The van der Waals surface area contributed by atoms with Crippen LogP contribution in [0.25, 0.3) is 27.4 Å². The predicted octanol–water partition coefficient (Wildman–Crippen LogP) is 6.57. The van der Waals surface area contributed by atoms with Gasteiger partial charge in [0.05, 0.1) is 25.9 Å². The third-order valence-electron chi connectivity index (χ3n) is 7.03. The van der Waals surface area contributed by atoms with E-state index >= 15 is 0 Å². The molecule has 0 amide bonds. The van der Waals surface area contributed by atoms with Crippen LogP contribution in [0.3, 0.4) is 0 Å². The minimum absolute atomic E-state index is 0.114. The van der Waals surface area contributed by atoms with Crippen LogP contribution < -0.4 is 0 Å². The van der Waals surface area contributed by atoms with Crippen LogP contribution in [0, 0.1) is 5.92 Å². The van der Waals surface area contributed by atoms with Crippen molar-refractivity contribution in [1.29, 1.82) is 0 Å². The van der Waals surface area contributed by atoms with Gasteiger partial charge in [0.25, 0.3) is 0 Å². The number of aliphatic carboxylic acids is 1. The van der Waals surface area contributed by atoms with Crippen molar-refractivity contribution in [3.8, 4) is 0 Å². The average Bonchev–Trinajstić information content (AvgIpc) is 3.29. The summed E-state index contributed by atoms with van der Waals surface area (Å²) in [5, 5.41) is 8.90. The molecule has 0 bridgehead atoms. The monoisotopic (exact) mass is 533 g/mol. The number of hydrogen-bond acceptors (Lipinski definition) is 5. The Bertz CT molecular complexity index is 1700. The maximum Gasteiger partial charge on any atom is 0.328 e. The second kappa shape index (κ2) is 8.69. The third kappa shape index (κ3) is 3.79. The molecule has 0 radical (unpaired) electrons. The van der Waals surface area contributed by atoms with E-state index < -0.39 is 21.1 Å². The molecule has 6 rings (SSSR count). The van der Waals surface area contributed by atoms with Gasteiger partial charge in [-0.15, -0.1) is 11.3 Å². The highest BCUT2D eigenvalue weighted by atomic mass is 35.5. The van der Waals surface area contributed by atoms with Crippen molar-refractivity contribution in [3.05, 3.63) is 99.5 Å². The number of allylic oxidation sites excluding steroid dienone is 1. The number of carbonyl (C=O) groups is 1. The Labute approximate surface area is 217 Å². The molecule has 2 aliphatic rings. The first-order chi connectivity index (χ1) is 17.3. The van der Waals surface area contributed by atoms with Crippen LogP contribution in [0.15, 0.2) is 77.1 Å². The largest absolute Gasteiger partial charge is 0.478 e. The van der Waals surface area contributed by atoms with E-state index in [1.807, 2.05) is 41.9 Å². The normalized spacial score (nSPS) is 21.6. The summed E-state index contributed by atoms with van der Waals surface area (Å²) in [5.41, 5.74) is 8.03. The average molecular weight is 534 g/mol. The first-order valence-corrected chi connectivity index (χ1v) is 14.3. The zero-order chi connectivity index (χ0) is 25.0. The van der Waals surface area contributed by atoms with Gasteiger partial charge in [0, 0.05) is 17.0 Å². The number of fused-ring (bicyclic) bond motifs is 3. The van der Waals surface area contributed by atoms with Gasteiger partial charge in [0.1, 0.15) is 0 Å². The summed E-state index contributed by atoms with van der Waals surface area (Å²) in [5.74, 6) is -1.12. The third-order valence-corrected chi connectivity index (χ3v) is 10.4. The highest BCUT2D eigenvalue weighted by molar-refractivity contribution is 7.92. The minimum atomic E-state index is -3.48. The van der Waals surface area contributed by atoms with Gasteiger partial charge in [0.15, 0.2) is 9.84 Å². The van der Waals surface area contributed by atoms with Crippen LogP contribution in [0.4, 0.5) is 0 Å². The summed E-state index contributed by atoms with van der Waals surface area (Å²) in [4.78, 5) is 15.7. The lowest BCUT2D eigenvalue weighted by Crippen LogP contribution is -2.43. The first-order valence-electron chi connectivity index (χ1n) is 11.5. The number of aromatic nitrogens is 1. The van der Waals surface area contributed by atoms with Gasteiger partial charge in [0.2, 0.25) is 0 Å². The maximum absolute atomic E-state index is 13.4. The Morgan fingerprint density at radius 2 is 1.81 bits per heavy atom. The quantitative estimate of drug-likeness (QED) is 0.300. The van der Waals surface area contributed by atoms with Crippen LogP contribution >= 0.6 is 22.9 Å². The topological polar surface area (TPSA) is 84.3 Å². The number of rotatable bonds is 4. The van der Waals surface area contributed by atoms with Crippen LogP contribution in [-0.4, -0.2) is 29.7 Å². The molecule has 1 aromatic heterocycles. The molecule has 8 heteroatoms. The van der Waals surface area contributed by atoms with E-state index in [0.717, 1.165) is 50.6 Å². The smallest absolute Gasteiger partial charge is 0.328 e.